The molecular weight excluding hydrogens is 426 g/mol. The fourth-order valence-corrected chi connectivity index (χ4v) is 5.50. The summed E-state index contributed by atoms with van der Waals surface area (Å²) in [4.78, 5) is 26.4. The zero-order valence-corrected chi connectivity index (χ0v) is 17.5. The van der Waals surface area contributed by atoms with Gasteiger partial charge in [-0.15, -0.1) is 11.3 Å². The Labute approximate surface area is 180 Å². The number of pyridine rings is 1. The second-order valence-corrected chi connectivity index (χ2v) is 9.21. The van der Waals surface area contributed by atoms with Crippen LogP contribution >= 0.6 is 11.3 Å². The number of aromatic carboxylic acids is 1. The third kappa shape index (κ3) is 3.51. The van der Waals surface area contributed by atoms with Gasteiger partial charge in [0.2, 0.25) is 5.43 Å². The van der Waals surface area contributed by atoms with Crippen LogP contribution in [0.5, 0.6) is 5.75 Å². The molecule has 162 valence electrons. The number of fused-ring (bicyclic) bond motifs is 2. The molecular formula is C22H20F2N2O4S. The molecule has 1 saturated carbocycles. The number of ether oxygens (including phenoxy) is 1. The van der Waals surface area contributed by atoms with Gasteiger partial charge in [-0.2, -0.15) is 8.78 Å². The van der Waals surface area contributed by atoms with Crippen LogP contribution in [0.3, 0.4) is 0 Å². The van der Waals surface area contributed by atoms with E-state index in [9.17, 15) is 23.5 Å². The summed E-state index contributed by atoms with van der Waals surface area (Å²) in [5.41, 5.74) is 0.766. The molecule has 1 unspecified atom stereocenters. The third-order valence-electron chi connectivity index (χ3n) is 5.82. The van der Waals surface area contributed by atoms with E-state index in [0.29, 0.717) is 18.2 Å². The van der Waals surface area contributed by atoms with Gasteiger partial charge in [-0.25, -0.2) is 4.79 Å². The van der Waals surface area contributed by atoms with Crippen LogP contribution in [-0.4, -0.2) is 28.3 Å². The second-order valence-electron chi connectivity index (χ2n) is 8.08. The van der Waals surface area contributed by atoms with Crippen molar-refractivity contribution in [2.45, 2.75) is 51.4 Å². The predicted molar refractivity (Wildman–Crippen MR) is 113 cm³/mol. The first kappa shape index (κ1) is 20.1. The van der Waals surface area contributed by atoms with Crippen LogP contribution in [0.4, 0.5) is 8.78 Å². The number of carbonyl (C=O) groups is 1. The lowest BCUT2D eigenvalue weighted by Crippen LogP contribution is -2.31. The SMILES string of the molecule is CC1Cc2sc(-c3ccc4c(=O)c(C(=O)O)cn(C5CC5)c4c3OC(F)F)cc2CN1. The number of carboxylic acids is 1. The van der Waals surface area contributed by atoms with Crippen LogP contribution in [0.2, 0.25) is 0 Å². The highest BCUT2D eigenvalue weighted by atomic mass is 32.1. The van der Waals surface area contributed by atoms with Crippen molar-refractivity contribution >= 4 is 28.2 Å². The number of halogens is 2. The largest absolute Gasteiger partial charge is 0.477 e. The minimum absolute atomic E-state index is 0.0435. The van der Waals surface area contributed by atoms with Crippen molar-refractivity contribution in [3.8, 4) is 16.2 Å². The Morgan fingerprint density at radius 1 is 1.35 bits per heavy atom. The normalized spacial score (nSPS) is 18.4. The van der Waals surface area contributed by atoms with Gasteiger partial charge in [0.15, 0.2) is 5.75 Å². The van der Waals surface area contributed by atoms with Crippen LogP contribution < -0.4 is 15.5 Å². The summed E-state index contributed by atoms with van der Waals surface area (Å²) in [6.45, 7) is -0.277. The Morgan fingerprint density at radius 2 is 2.13 bits per heavy atom. The molecule has 2 aromatic heterocycles. The van der Waals surface area contributed by atoms with Gasteiger partial charge in [-0.1, -0.05) is 0 Å². The Kier molecular flexibility index (Phi) is 4.82. The highest BCUT2D eigenvalue weighted by molar-refractivity contribution is 7.15. The second kappa shape index (κ2) is 7.42. The number of thiophene rings is 1. The molecule has 3 heterocycles. The van der Waals surface area contributed by atoms with E-state index in [0.717, 1.165) is 29.7 Å². The highest BCUT2D eigenvalue weighted by Crippen LogP contribution is 2.45. The molecule has 2 N–H and O–H groups in total. The average molecular weight is 446 g/mol. The van der Waals surface area contributed by atoms with Gasteiger partial charge < -0.3 is 19.7 Å². The van der Waals surface area contributed by atoms with Gasteiger partial charge in [0.1, 0.15) is 5.56 Å². The first-order chi connectivity index (χ1) is 14.8. The summed E-state index contributed by atoms with van der Waals surface area (Å²) in [5.74, 6) is -1.41. The van der Waals surface area contributed by atoms with Crippen LogP contribution in [0.1, 0.15) is 46.6 Å². The molecule has 1 aliphatic heterocycles. The summed E-state index contributed by atoms with van der Waals surface area (Å²) in [6, 6.07) is 5.37. The van der Waals surface area contributed by atoms with Crippen molar-refractivity contribution in [3.63, 3.8) is 0 Å². The molecule has 0 amide bonds. The summed E-state index contributed by atoms with van der Waals surface area (Å²) < 4.78 is 33.6. The van der Waals surface area contributed by atoms with E-state index in [4.69, 9.17) is 4.74 Å². The Bertz CT molecular complexity index is 1260. The van der Waals surface area contributed by atoms with Crippen molar-refractivity contribution in [2.75, 3.05) is 0 Å². The average Bonchev–Trinajstić information content (AvgIpc) is 3.47. The maximum atomic E-state index is 13.5. The van der Waals surface area contributed by atoms with E-state index in [1.807, 2.05) is 6.07 Å². The zero-order chi connectivity index (χ0) is 21.9. The molecule has 0 radical (unpaired) electrons. The van der Waals surface area contributed by atoms with E-state index < -0.39 is 18.0 Å². The molecule has 2 aliphatic rings. The number of hydrogen-bond donors (Lipinski definition) is 2. The van der Waals surface area contributed by atoms with Crippen molar-refractivity contribution in [3.05, 3.63) is 50.6 Å². The minimum Gasteiger partial charge on any atom is -0.477 e. The first-order valence-corrected chi connectivity index (χ1v) is 10.9. The maximum Gasteiger partial charge on any atom is 0.387 e. The van der Waals surface area contributed by atoms with E-state index >= 15 is 0 Å². The van der Waals surface area contributed by atoms with Gasteiger partial charge >= 0.3 is 12.6 Å². The number of carboxylic acid groups (broad SMARTS) is 1. The minimum atomic E-state index is -3.08. The first-order valence-electron chi connectivity index (χ1n) is 10.1. The number of aromatic nitrogens is 1. The van der Waals surface area contributed by atoms with Crippen LogP contribution in [0, 0.1) is 0 Å². The Balaban J connectivity index is 1.78. The van der Waals surface area contributed by atoms with E-state index in [2.05, 4.69) is 12.2 Å². The molecule has 9 heteroatoms. The van der Waals surface area contributed by atoms with Gasteiger partial charge in [0.25, 0.3) is 0 Å². The molecule has 6 nitrogen and oxygen atoms in total. The number of hydrogen-bond acceptors (Lipinski definition) is 5. The summed E-state index contributed by atoms with van der Waals surface area (Å²) in [7, 11) is 0. The molecule has 5 rings (SSSR count). The van der Waals surface area contributed by atoms with Gasteiger partial charge in [0.05, 0.1) is 10.9 Å². The van der Waals surface area contributed by atoms with Gasteiger partial charge in [-0.3, -0.25) is 4.79 Å². The molecule has 3 aromatic rings. The lowest BCUT2D eigenvalue weighted by Gasteiger charge is -2.19. The fraction of sp³-hybridized carbons (Fsp3) is 0.364. The lowest BCUT2D eigenvalue weighted by molar-refractivity contribution is -0.0486. The van der Waals surface area contributed by atoms with Crippen LogP contribution in [0.25, 0.3) is 21.3 Å². The van der Waals surface area contributed by atoms with Gasteiger partial charge in [0, 0.05) is 40.1 Å². The number of nitrogens with zero attached hydrogens (tertiary/aromatic N) is 1. The molecule has 1 atom stereocenters. The van der Waals surface area contributed by atoms with Crippen LogP contribution in [0.15, 0.2) is 29.2 Å². The highest BCUT2D eigenvalue weighted by Gasteiger charge is 2.30. The van der Waals surface area contributed by atoms with Crippen molar-refractivity contribution < 1.29 is 23.4 Å². The number of alkyl halides is 2. The van der Waals surface area contributed by atoms with Crippen molar-refractivity contribution in [1.82, 2.24) is 9.88 Å². The monoisotopic (exact) mass is 446 g/mol. The topological polar surface area (TPSA) is 80.6 Å². The number of nitrogens with one attached hydrogen (secondary N) is 1. The van der Waals surface area contributed by atoms with Crippen molar-refractivity contribution in [1.29, 1.82) is 0 Å². The maximum absolute atomic E-state index is 13.5. The molecule has 0 spiro atoms. The molecule has 1 fully saturated rings. The van der Waals surface area contributed by atoms with Gasteiger partial charge in [-0.05, 0) is 49.9 Å². The zero-order valence-electron chi connectivity index (χ0n) is 16.7. The molecule has 1 aromatic carbocycles. The molecule has 31 heavy (non-hydrogen) atoms. The number of rotatable bonds is 5. The van der Waals surface area contributed by atoms with Crippen molar-refractivity contribution in [2.24, 2.45) is 0 Å². The Hall–Kier alpha value is -2.78. The molecule has 1 aliphatic carbocycles. The Morgan fingerprint density at radius 3 is 2.81 bits per heavy atom. The smallest absolute Gasteiger partial charge is 0.387 e. The fourth-order valence-electron chi connectivity index (χ4n) is 4.17. The number of benzene rings is 1. The summed E-state index contributed by atoms with van der Waals surface area (Å²) in [6.07, 6.45) is 3.68. The summed E-state index contributed by atoms with van der Waals surface area (Å²) >= 11 is 1.54. The van der Waals surface area contributed by atoms with E-state index in [1.165, 1.54) is 28.5 Å². The molecule has 0 bridgehead atoms. The van der Waals surface area contributed by atoms with Crippen LogP contribution in [-0.2, 0) is 13.0 Å². The van der Waals surface area contributed by atoms with E-state index in [1.54, 1.807) is 10.6 Å². The quantitative estimate of drug-likeness (QED) is 0.607. The third-order valence-corrected chi connectivity index (χ3v) is 7.05. The summed E-state index contributed by atoms with van der Waals surface area (Å²) in [5, 5.41) is 12.9. The lowest BCUT2D eigenvalue weighted by atomic mass is 10.0. The van der Waals surface area contributed by atoms with E-state index in [-0.39, 0.29) is 28.3 Å². The standard InChI is InChI=1S/C22H20F2N2O4S/c1-10-6-16-11(8-25-10)7-17(31-16)13-4-5-14-18(20(13)30-22(23)24)26(12-2-3-12)9-15(19(14)27)21(28)29/h4-5,7,9-10,12,22,25H,2-3,6,8H2,1H3,(H,28,29). The predicted octanol–water partition coefficient (Wildman–Crippen LogP) is 4.40. The molecule has 0 saturated heterocycles.